The molecule has 0 unspecified atom stereocenters. The van der Waals surface area contributed by atoms with Gasteiger partial charge in [-0.1, -0.05) is 30.3 Å². The molecule has 0 fully saturated rings. The molecule has 2 aromatic carbocycles. The summed E-state index contributed by atoms with van der Waals surface area (Å²) in [4.78, 5) is 24.6. The zero-order valence-corrected chi connectivity index (χ0v) is 12.3. The monoisotopic (exact) mass is 293 g/mol. The Morgan fingerprint density at radius 3 is 2.32 bits per heavy atom. The normalized spacial score (nSPS) is 10.8. The van der Waals surface area contributed by atoms with Gasteiger partial charge in [0.05, 0.1) is 5.56 Å². The third kappa shape index (κ3) is 2.00. The highest BCUT2D eigenvalue weighted by Crippen LogP contribution is 2.24. The fourth-order valence-electron chi connectivity index (χ4n) is 2.89. The predicted molar refractivity (Wildman–Crippen MR) is 86.0 cm³/mol. The van der Waals surface area contributed by atoms with E-state index in [1.165, 1.54) is 4.57 Å². The molecule has 0 spiro atoms. The lowest BCUT2D eigenvalue weighted by molar-refractivity contribution is 0.0697. The van der Waals surface area contributed by atoms with Crippen LogP contribution in [-0.4, -0.2) is 15.6 Å². The third-order valence-electron chi connectivity index (χ3n) is 3.88. The molecule has 0 amide bonds. The van der Waals surface area contributed by atoms with Crippen molar-refractivity contribution in [3.8, 4) is 5.69 Å². The maximum atomic E-state index is 12.8. The van der Waals surface area contributed by atoms with Crippen LogP contribution < -0.4 is 5.56 Å². The van der Waals surface area contributed by atoms with Gasteiger partial charge in [-0.05, 0) is 37.6 Å². The SMILES string of the molecule is Cc1cccc2c(=O)n(-c3ccccc3)c(C)c(C(=O)O)c12. The minimum Gasteiger partial charge on any atom is -0.478 e. The first-order valence-electron chi connectivity index (χ1n) is 6.96. The van der Waals surface area contributed by atoms with Crippen molar-refractivity contribution in [3.63, 3.8) is 0 Å². The molecule has 0 aliphatic heterocycles. The Balaban J connectivity index is 2.57. The highest BCUT2D eigenvalue weighted by molar-refractivity contribution is 6.05. The molecule has 0 aliphatic carbocycles. The minimum atomic E-state index is -1.03. The van der Waals surface area contributed by atoms with E-state index in [9.17, 15) is 14.7 Å². The zero-order chi connectivity index (χ0) is 15.9. The number of nitrogens with zero attached hydrogens (tertiary/aromatic N) is 1. The highest BCUT2D eigenvalue weighted by Gasteiger charge is 2.20. The van der Waals surface area contributed by atoms with E-state index in [-0.39, 0.29) is 11.1 Å². The number of para-hydroxylation sites is 1. The third-order valence-corrected chi connectivity index (χ3v) is 3.88. The molecule has 1 heterocycles. The summed E-state index contributed by atoms with van der Waals surface area (Å²) in [7, 11) is 0. The van der Waals surface area contributed by atoms with Crippen molar-refractivity contribution in [2.75, 3.05) is 0 Å². The number of pyridine rings is 1. The standard InChI is InChI=1S/C18H15NO3/c1-11-7-6-10-14-15(11)16(18(21)22)12(2)19(17(14)20)13-8-4-3-5-9-13/h3-10H,1-2H3,(H,21,22). The van der Waals surface area contributed by atoms with Gasteiger partial charge in [0.2, 0.25) is 0 Å². The largest absolute Gasteiger partial charge is 0.478 e. The number of hydrogen-bond donors (Lipinski definition) is 1. The van der Waals surface area contributed by atoms with Crippen molar-refractivity contribution < 1.29 is 9.90 Å². The zero-order valence-electron chi connectivity index (χ0n) is 12.3. The molecule has 110 valence electrons. The number of hydrogen-bond acceptors (Lipinski definition) is 2. The summed E-state index contributed by atoms with van der Waals surface area (Å²) in [5.41, 5.74) is 1.86. The van der Waals surface area contributed by atoms with Crippen LogP contribution in [0.5, 0.6) is 0 Å². The first kappa shape index (κ1) is 14.1. The molecule has 0 saturated carbocycles. The van der Waals surface area contributed by atoms with Gasteiger partial charge >= 0.3 is 5.97 Å². The summed E-state index contributed by atoms with van der Waals surface area (Å²) in [6, 6.07) is 14.4. The molecule has 1 aromatic heterocycles. The fourth-order valence-corrected chi connectivity index (χ4v) is 2.89. The van der Waals surface area contributed by atoms with Crippen LogP contribution in [0.15, 0.2) is 53.3 Å². The van der Waals surface area contributed by atoms with Gasteiger partial charge in [0.15, 0.2) is 0 Å². The van der Waals surface area contributed by atoms with Gasteiger partial charge < -0.3 is 5.11 Å². The molecular formula is C18H15NO3. The summed E-state index contributed by atoms with van der Waals surface area (Å²) in [5, 5.41) is 10.6. The molecule has 3 aromatic rings. The van der Waals surface area contributed by atoms with Gasteiger partial charge in [0.25, 0.3) is 5.56 Å². The van der Waals surface area contributed by atoms with Crippen LogP contribution in [0.3, 0.4) is 0 Å². The number of aryl methyl sites for hydroxylation is 1. The number of rotatable bonds is 2. The molecule has 22 heavy (non-hydrogen) atoms. The Morgan fingerprint density at radius 2 is 1.68 bits per heavy atom. The second-order valence-corrected chi connectivity index (χ2v) is 5.24. The summed E-state index contributed by atoms with van der Waals surface area (Å²) >= 11 is 0. The summed E-state index contributed by atoms with van der Waals surface area (Å²) in [6.45, 7) is 3.49. The Morgan fingerprint density at radius 1 is 1.00 bits per heavy atom. The number of carbonyl (C=O) groups is 1. The molecule has 0 atom stereocenters. The average Bonchev–Trinajstić information content (AvgIpc) is 2.49. The van der Waals surface area contributed by atoms with Crippen LogP contribution in [0.4, 0.5) is 0 Å². The molecule has 0 aliphatic rings. The topological polar surface area (TPSA) is 59.3 Å². The van der Waals surface area contributed by atoms with Gasteiger partial charge in [-0.2, -0.15) is 0 Å². The van der Waals surface area contributed by atoms with Gasteiger partial charge in [0, 0.05) is 22.2 Å². The van der Waals surface area contributed by atoms with Gasteiger partial charge in [-0.3, -0.25) is 9.36 Å². The molecule has 0 radical (unpaired) electrons. The van der Waals surface area contributed by atoms with Gasteiger partial charge in [0.1, 0.15) is 0 Å². The number of carboxylic acid groups (broad SMARTS) is 1. The Bertz CT molecular complexity index is 940. The Kier molecular flexibility index (Phi) is 3.29. The van der Waals surface area contributed by atoms with Crippen LogP contribution in [0.2, 0.25) is 0 Å². The lowest BCUT2D eigenvalue weighted by Crippen LogP contribution is -2.24. The number of aromatic nitrogens is 1. The fraction of sp³-hybridized carbons (Fsp3) is 0.111. The van der Waals surface area contributed by atoms with E-state index in [2.05, 4.69) is 0 Å². The molecule has 4 heteroatoms. The first-order chi connectivity index (χ1) is 10.5. The molecular weight excluding hydrogens is 278 g/mol. The summed E-state index contributed by atoms with van der Waals surface area (Å²) < 4.78 is 1.46. The maximum Gasteiger partial charge on any atom is 0.338 e. The molecule has 3 rings (SSSR count). The van der Waals surface area contributed by atoms with E-state index in [1.54, 1.807) is 31.2 Å². The van der Waals surface area contributed by atoms with Crippen LogP contribution in [0.25, 0.3) is 16.5 Å². The van der Waals surface area contributed by atoms with Gasteiger partial charge in [-0.25, -0.2) is 4.79 Å². The van der Waals surface area contributed by atoms with Crippen molar-refractivity contribution in [2.45, 2.75) is 13.8 Å². The minimum absolute atomic E-state index is 0.177. The van der Waals surface area contributed by atoms with E-state index < -0.39 is 5.97 Å². The van der Waals surface area contributed by atoms with Crippen molar-refractivity contribution >= 4 is 16.7 Å². The molecule has 0 saturated heterocycles. The summed E-state index contributed by atoms with van der Waals surface area (Å²) in [6.07, 6.45) is 0. The maximum absolute atomic E-state index is 12.8. The Labute approximate surface area is 127 Å². The average molecular weight is 293 g/mol. The quantitative estimate of drug-likeness (QED) is 0.788. The van der Waals surface area contributed by atoms with Crippen LogP contribution in [0, 0.1) is 13.8 Å². The second-order valence-electron chi connectivity index (χ2n) is 5.24. The number of aromatic carboxylic acids is 1. The van der Waals surface area contributed by atoms with E-state index in [4.69, 9.17) is 0 Å². The number of carboxylic acids is 1. The van der Waals surface area contributed by atoms with E-state index in [0.717, 1.165) is 5.56 Å². The summed E-state index contributed by atoms with van der Waals surface area (Å²) in [5.74, 6) is -1.03. The van der Waals surface area contributed by atoms with Crippen molar-refractivity contribution in [1.82, 2.24) is 4.57 Å². The molecule has 4 nitrogen and oxygen atoms in total. The van der Waals surface area contributed by atoms with Crippen LogP contribution in [-0.2, 0) is 0 Å². The highest BCUT2D eigenvalue weighted by atomic mass is 16.4. The van der Waals surface area contributed by atoms with E-state index in [0.29, 0.717) is 22.2 Å². The van der Waals surface area contributed by atoms with E-state index >= 15 is 0 Å². The van der Waals surface area contributed by atoms with Crippen molar-refractivity contribution in [3.05, 3.63) is 75.7 Å². The molecule has 1 N–H and O–H groups in total. The number of benzene rings is 2. The Hall–Kier alpha value is -2.88. The van der Waals surface area contributed by atoms with Crippen molar-refractivity contribution in [2.24, 2.45) is 0 Å². The van der Waals surface area contributed by atoms with Gasteiger partial charge in [-0.15, -0.1) is 0 Å². The number of fused-ring (bicyclic) bond motifs is 1. The smallest absolute Gasteiger partial charge is 0.338 e. The van der Waals surface area contributed by atoms with Crippen molar-refractivity contribution in [1.29, 1.82) is 0 Å². The predicted octanol–water partition coefficient (Wildman–Crippen LogP) is 3.31. The lowest BCUT2D eigenvalue weighted by atomic mass is 9.99. The first-order valence-corrected chi connectivity index (χ1v) is 6.96. The molecule has 0 bridgehead atoms. The van der Waals surface area contributed by atoms with Crippen LogP contribution >= 0.6 is 0 Å². The lowest BCUT2D eigenvalue weighted by Gasteiger charge is -2.16. The second kappa shape index (κ2) is 5.15. The van der Waals surface area contributed by atoms with E-state index in [1.807, 2.05) is 31.2 Å². The van der Waals surface area contributed by atoms with Crippen LogP contribution in [0.1, 0.15) is 21.6 Å².